The molecule has 0 saturated carbocycles. The lowest BCUT2D eigenvalue weighted by Gasteiger charge is -2.21. The van der Waals surface area contributed by atoms with Gasteiger partial charge in [0.2, 0.25) is 0 Å². The molecule has 0 aliphatic carbocycles. The van der Waals surface area contributed by atoms with Gasteiger partial charge in [-0.15, -0.1) is 23.7 Å². The lowest BCUT2D eigenvalue weighted by Crippen LogP contribution is -2.32. The Morgan fingerprint density at radius 1 is 1.23 bits per heavy atom. The molecule has 1 aromatic carbocycles. The molecular weight excluding hydrogens is 370 g/mol. The van der Waals surface area contributed by atoms with E-state index in [9.17, 15) is 4.79 Å². The van der Waals surface area contributed by atoms with Crippen LogP contribution in [-0.2, 0) is 6.54 Å². The first-order valence-corrected chi connectivity index (χ1v) is 9.11. The Balaban J connectivity index is 0.00000243. The number of hydrogen-bond donors (Lipinski definition) is 1. The van der Waals surface area contributed by atoms with E-state index in [-0.39, 0.29) is 18.3 Å². The molecule has 1 amide bonds. The molecular formula is C19H22ClN3O2S. The number of nitrogens with zero attached hydrogens (tertiary/aromatic N) is 2. The standard InChI is InChI=1S/C19H21N3O2S.ClH/c1-14-8-9-17(24-14)18-21-16(13-25-18)19(23)22(11-5-10-20)12-15-6-3-2-4-7-15;/h2-4,6-9,13H,5,10-12,20H2,1H3;1H. The van der Waals surface area contributed by atoms with Gasteiger partial charge in [0.15, 0.2) is 10.8 Å². The van der Waals surface area contributed by atoms with Gasteiger partial charge in [-0.1, -0.05) is 30.3 Å². The van der Waals surface area contributed by atoms with E-state index >= 15 is 0 Å². The van der Waals surface area contributed by atoms with Crippen LogP contribution in [0.4, 0.5) is 0 Å². The van der Waals surface area contributed by atoms with Crippen LogP contribution in [-0.4, -0.2) is 28.9 Å². The molecule has 7 heteroatoms. The van der Waals surface area contributed by atoms with Crippen LogP contribution >= 0.6 is 23.7 Å². The molecule has 0 bridgehead atoms. The van der Waals surface area contributed by atoms with E-state index in [0.717, 1.165) is 22.8 Å². The average Bonchev–Trinajstić information content (AvgIpc) is 3.28. The van der Waals surface area contributed by atoms with Gasteiger partial charge in [-0.25, -0.2) is 4.98 Å². The maximum atomic E-state index is 12.9. The van der Waals surface area contributed by atoms with Crippen molar-refractivity contribution in [3.05, 3.63) is 64.9 Å². The van der Waals surface area contributed by atoms with Gasteiger partial charge in [-0.3, -0.25) is 4.79 Å². The van der Waals surface area contributed by atoms with Crippen molar-refractivity contribution in [2.75, 3.05) is 13.1 Å². The summed E-state index contributed by atoms with van der Waals surface area (Å²) in [5.41, 5.74) is 7.16. The number of rotatable bonds is 7. The number of benzene rings is 1. The van der Waals surface area contributed by atoms with Crippen molar-refractivity contribution in [1.29, 1.82) is 0 Å². The zero-order chi connectivity index (χ0) is 17.6. The SMILES string of the molecule is Cc1ccc(-c2nc(C(=O)N(CCCN)Cc3ccccc3)cs2)o1.Cl. The first-order valence-electron chi connectivity index (χ1n) is 8.23. The zero-order valence-corrected chi connectivity index (χ0v) is 16.2. The third-order valence-electron chi connectivity index (χ3n) is 3.81. The van der Waals surface area contributed by atoms with Gasteiger partial charge < -0.3 is 15.1 Å². The molecule has 0 radical (unpaired) electrons. The smallest absolute Gasteiger partial charge is 0.273 e. The van der Waals surface area contributed by atoms with E-state index in [1.165, 1.54) is 11.3 Å². The first-order chi connectivity index (χ1) is 12.2. The van der Waals surface area contributed by atoms with Crippen LogP contribution in [0.3, 0.4) is 0 Å². The molecule has 2 heterocycles. The molecule has 5 nitrogen and oxygen atoms in total. The molecule has 0 saturated heterocycles. The summed E-state index contributed by atoms with van der Waals surface area (Å²) in [5, 5.41) is 2.51. The summed E-state index contributed by atoms with van der Waals surface area (Å²) in [4.78, 5) is 19.2. The highest BCUT2D eigenvalue weighted by Gasteiger charge is 2.20. The van der Waals surface area contributed by atoms with Crippen LogP contribution in [0, 0.1) is 6.92 Å². The molecule has 138 valence electrons. The van der Waals surface area contributed by atoms with Crippen molar-refractivity contribution in [2.45, 2.75) is 19.9 Å². The predicted molar refractivity (Wildman–Crippen MR) is 107 cm³/mol. The molecule has 0 atom stereocenters. The highest BCUT2D eigenvalue weighted by molar-refractivity contribution is 7.13. The molecule has 3 rings (SSSR count). The molecule has 2 N–H and O–H groups in total. The van der Waals surface area contributed by atoms with E-state index in [1.54, 1.807) is 10.3 Å². The number of thiazole rings is 1. The van der Waals surface area contributed by atoms with Gasteiger partial charge in [0, 0.05) is 18.5 Å². The van der Waals surface area contributed by atoms with Crippen LogP contribution in [0.1, 0.15) is 28.2 Å². The number of amides is 1. The van der Waals surface area contributed by atoms with Crippen LogP contribution < -0.4 is 5.73 Å². The molecule has 0 aliphatic rings. The number of aromatic nitrogens is 1. The average molecular weight is 392 g/mol. The monoisotopic (exact) mass is 391 g/mol. The molecule has 0 spiro atoms. The van der Waals surface area contributed by atoms with Crippen molar-refractivity contribution < 1.29 is 9.21 Å². The number of furan rings is 1. The summed E-state index contributed by atoms with van der Waals surface area (Å²) in [6.07, 6.45) is 0.757. The normalized spacial score (nSPS) is 10.4. The van der Waals surface area contributed by atoms with E-state index in [0.29, 0.717) is 31.1 Å². The summed E-state index contributed by atoms with van der Waals surface area (Å²) in [6, 6.07) is 13.7. The lowest BCUT2D eigenvalue weighted by molar-refractivity contribution is 0.0737. The largest absolute Gasteiger partial charge is 0.459 e. The number of carbonyl (C=O) groups excluding carboxylic acids is 1. The van der Waals surface area contributed by atoms with Crippen molar-refractivity contribution in [2.24, 2.45) is 5.73 Å². The molecule has 0 fully saturated rings. The number of hydrogen-bond acceptors (Lipinski definition) is 5. The topological polar surface area (TPSA) is 72.4 Å². The summed E-state index contributed by atoms with van der Waals surface area (Å²) in [5.74, 6) is 1.44. The molecule has 2 aromatic heterocycles. The molecule has 0 unspecified atom stereocenters. The third kappa shape index (κ3) is 4.94. The minimum atomic E-state index is -0.0805. The second-order valence-electron chi connectivity index (χ2n) is 5.80. The minimum Gasteiger partial charge on any atom is -0.459 e. The first kappa shape index (κ1) is 20.2. The Kier molecular flexibility index (Phi) is 7.38. The van der Waals surface area contributed by atoms with Gasteiger partial charge in [0.25, 0.3) is 5.91 Å². The second-order valence-corrected chi connectivity index (χ2v) is 6.66. The summed E-state index contributed by atoms with van der Waals surface area (Å²) < 4.78 is 5.59. The van der Waals surface area contributed by atoms with E-state index in [1.807, 2.05) is 49.4 Å². The van der Waals surface area contributed by atoms with Crippen molar-refractivity contribution in [3.8, 4) is 10.8 Å². The number of aryl methyl sites for hydroxylation is 1. The quantitative estimate of drug-likeness (QED) is 0.657. The Hall–Kier alpha value is -2.15. The fourth-order valence-corrected chi connectivity index (χ4v) is 3.29. The van der Waals surface area contributed by atoms with Crippen LogP contribution in [0.2, 0.25) is 0 Å². The fourth-order valence-electron chi connectivity index (χ4n) is 2.53. The highest BCUT2D eigenvalue weighted by Crippen LogP contribution is 2.26. The van der Waals surface area contributed by atoms with Gasteiger partial charge in [-0.2, -0.15) is 0 Å². The predicted octanol–water partition coefficient (Wildman–Crippen LogP) is 4.12. The fraction of sp³-hybridized carbons (Fsp3) is 0.263. The zero-order valence-electron chi connectivity index (χ0n) is 14.6. The maximum absolute atomic E-state index is 12.9. The van der Waals surface area contributed by atoms with Crippen LogP contribution in [0.5, 0.6) is 0 Å². The van der Waals surface area contributed by atoms with Gasteiger partial charge in [0.1, 0.15) is 11.5 Å². The number of carbonyl (C=O) groups is 1. The summed E-state index contributed by atoms with van der Waals surface area (Å²) in [7, 11) is 0. The number of halogens is 1. The Morgan fingerprint density at radius 3 is 2.65 bits per heavy atom. The van der Waals surface area contributed by atoms with Crippen molar-refractivity contribution in [1.82, 2.24) is 9.88 Å². The molecule has 26 heavy (non-hydrogen) atoms. The van der Waals surface area contributed by atoms with Crippen molar-refractivity contribution in [3.63, 3.8) is 0 Å². The Labute approximate surface area is 163 Å². The highest BCUT2D eigenvalue weighted by atomic mass is 35.5. The van der Waals surface area contributed by atoms with Crippen LogP contribution in [0.25, 0.3) is 10.8 Å². The van der Waals surface area contributed by atoms with E-state index in [2.05, 4.69) is 4.98 Å². The summed E-state index contributed by atoms with van der Waals surface area (Å²) >= 11 is 1.41. The minimum absolute atomic E-state index is 0. The van der Waals surface area contributed by atoms with Crippen molar-refractivity contribution >= 4 is 29.7 Å². The van der Waals surface area contributed by atoms with Gasteiger partial charge >= 0.3 is 0 Å². The lowest BCUT2D eigenvalue weighted by atomic mass is 10.2. The number of nitrogens with two attached hydrogens (primary N) is 1. The van der Waals surface area contributed by atoms with E-state index < -0.39 is 0 Å². The Bertz CT molecular complexity index is 832. The molecule has 3 aromatic rings. The van der Waals surface area contributed by atoms with Gasteiger partial charge in [0.05, 0.1) is 0 Å². The maximum Gasteiger partial charge on any atom is 0.273 e. The van der Waals surface area contributed by atoms with Gasteiger partial charge in [-0.05, 0) is 37.6 Å². The second kappa shape index (κ2) is 9.52. The Morgan fingerprint density at radius 2 is 2.00 bits per heavy atom. The summed E-state index contributed by atoms with van der Waals surface area (Å²) in [6.45, 7) is 3.59. The van der Waals surface area contributed by atoms with Crippen LogP contribution in [0.15, 0.2) is 52.3 Å². The third-order valence-corrected chi connectivity index (χ3v) is 4.67. The molecule has 0 aliphatic heterocycles. The van der Waals surface area contributed by atoms with E-state index in [4.69, 9.17) is 10.2 Å².